The maximum atomic E-state index is 15.0. The van der Waals surface area contributed by atoms with Crippen molar-refractivity contribution in [3.63, 3.8) is 0 Å². The van der Waals surface area contributed by atoms with E-state index in [-0.39, 0.29) is 17.5 Å². The van der Waals surface area contributed by atoms with Crippen LogP contribution >= 0.6 is 23.2 Å². The van der Waals surface area contributed by atoms with Gasteiger partial charge in [0.1, 0.15) is 0 Å². The van der Waals surface area contributed by atoms with E-state index in [1.54, 1.807) is 6.07 Å². The molecule has 122 valence electrons. The highest BCUT2D eigenvalue weighted by Crippen LogP contribution is 2.33. The van der Waals surface area contributed by atoms with Crippen molar-refractivity contribution in [3.8, 4) is 0 Å². The van der Waals surface area contributed by atoms with E-state index in [2.05, 4.69) is 5.32 Å². The van der Waals surface area contributed by atoms with Gasteiger partial charge >= 0.3 is 0 Å². The molecule has 0 saturated carbocycles. The Morgan fingerprint density at radius 3 is 2.35 bits per heavy atom. The number of rotatable bonds is 4. The molecule has 2 nitrogen and oxygen atoms in total. The minimum absolute atomic E-state index is 0.180. The maximum Gasteiger partial charge on any atom is 0.251 e. The van der Waals surface area contributed by atoms with Crippen molar-refractivity contribution in [2.75, 3.05) is 6.54 Å². The quantitative estimate of drug-likeness (QED) is 0.801. The summed E-state index contributed by atoms with van der Waals surface area (Å²) in [6.45, 7) is 4.91. The molecule has 2 aromatic carbocycles. The lowest BCUT2D eigenvalue weighted by Crippen LogP contribution is -2.36. The van der Waals surface area contributed by atoms with Gasteiger partial charge in [0.15, 0.2) is 5.67 Å². The van der Waals surface area contributed by atoms with Gasteiger partial charge in [0.25, 0.3) is 5.91 Å². The van der Waals surface area contributed by atoms with E-state index in [9.17, 15) is 9.18 Å². The van der Waals surface area contributed by atoms with Crippen molar-refractivity contribution in [3.05, 3.63) is 68.7 Å². The van der Waals surface area contributed by atoms with Gasteiger partial charge in [0.05, 0.1) is 6.54 Å². The van der Waals surface area contributed by atoms with E-state index in [1.807, 2.05) is 32.0 Å². The topological polar surface area (TPSA) is 29.1 Å². The first-order valence-corrected chi connectivity index (χ1v) is 7.97. The molecular weight excluding hydrogens is 336 g/mol. The van der Waals surface area contributed by atoms with Gasteiger partial charge in [-0.05, 0) is 44.0 Å². The van der Waals surface area contributed by atoms with Crippen LogP contribution in [-0.2, 0) is 5.67 Å². The van der Waals surface area contributed by atoms with Gasteiger partial charge in [0, 0.05) is 21.2 Å². The molecule has 0 aromatic heterocycles. The molecule has 23 heavy (non-hydrogen) atoms. The summed E-state index contributed by atoms with van der Waals surface area (Å²) in [4.78, 5) is 12.4. The summed E-state index contributed by atoms with van der Waals surface area (Å²) in [5.74, 6) is -0.297. The second-order valence-corrected chi connectivity index (χ2v) is 6.61. The number of hydrogen-bond donors (Lipinski definition) is 1. The molecule has 1 atom stereocenters. The molecule has 2 aromatic rings. The SMILES string of the molecule is Cc1cccc(C)c1C(=O)NC[C@](C)(F)c1ccc(Cl)cc1Cl. The van der Waals surface area contributed by atoms with E-state index in [0.29, 0.717) is 16.1 Å². The molecule has 1 amide bonds. The van der Waals surface area contributed by atoms with Crippen molar-refractivity contribution >= 4 is 29.1 Å². The van der Waals surface area contributed by atoms with Crippen LogP contribution in [0.1, 0.15) is 34.0 Å². The third-order valence-corrected chi connectivity index (χ3v) is 4.33. The Hall–Kier alpha value is -1.58. The summed E-state index contributed by atoms with van der Waals surface area (Å²) in [5.41, 5.74) is 0.782. The molecule has 0 saturated heterocycles. The van der Waals surface area contributed by atoms with Crippen LogP contribution in [0.4, 0.5) is 4.39 Å². The summed E-state index contributed by atoms with van der Waals surface area (Å²) < 4.78 is 15.0. The Balaban J connectivity index is 2.17. The fourth-order valence-corrected chi connectivity index (χ4v) is 3.12. The number of benzene rings is 2. The highest BCUT2D eigenvalue weighted by atomic mass is 35.5. The highest BCUT2D eigenvalue weighted by Gasteiger charge is 2.29. The number of hydrogen-bond acceptors (Lipinski definition) is 1. The molecule has 0 radical (unpaired) electrons. The van der Waals surface area contributed by atoms with Crippen molar-refractivity contribution < 1.29 is 9.18 Å². The molecule has 5 heteroatoms. The Morgan fingerprint density at radius 2 is 1.78 bits per heavy atom. The van der Waals surface area contributed by atoms with Crippen LogP contribution in [0.15, 0.2) is 36.4 Å². The maximum absolute atomic E-state index is 15.0. The third-order valence-electron chi connectivity index (χ3n) is 3.78. The number of carbonyl (C=O) groups excluding carboxylic acids is 1. The van der Waals surface area contributed by atoms with Crippen LogP contribution in [0.25, 0.3) is 0 Å². The second kappa shape index (κ2) is 6.90. The van der Waals surface area contributed by atoms with E-state index in [0.717, 1.165) is 11.1 Å². The first kappa shape index (κ1) is 17.8. The lowest BCUT2D eigenvalue weighted by molar-refractivity contribution is 0.0909. The lowest BCUT2D eigenvalue weighted by atomic mass is 9.97. The first-order chi connectivity index (χ1) is 10.7. The molecule has 0 spiro atoms. The average molecular weight is 354 g/mol. The average Bonchev–Trinajstić information content (AvgIpc) is 2.44. The van der Waals surface area contributed by atoms with Gasteiger partial charge in [-0.3, -0.25) is 4.79 Å². The molecule has 0 fully saturated rings. The molecular formula is C18H18Cl2FNO. The molecule has 0 bridgehead atoms. The predicted molar refractivity (Wildman–Crippen MR) is 93.2 cm³/mol. The number of aryl methyl sites for hydroxylation is 2. The van der Waals surface area contributed by atoms with Crippen LogP contribution in [0.3, 0.4) is 0 Å². The number of amides is 1. The van der Waals surface area contributed by atoms with E-state index >= 15 is 0 Å². The van der Waals surface area contributed by atoms with Crippen LogP contribution < -0.4 is 5.32 Å². The molecule has 0 aliphatic carbocycles. The molecule has 0 aliphatic heterocycles. The minimum Gasteiger partial charge on any atom is -0.348 e. The summed E-state index contributed by atoms with van der Waals surface area (Å²) >= 11 is 11.9. The zero-order valence-corrected chi connectivity index (χ0v) is 14.7. The number of alkyl halides is 1. The smallest absolute Gasteiger partial charge is 0.251 e. The van der Waals surface area contributed by atoms with Gasteiger partial charge in [-0.1, -0.05) is 47.5 Å². The van der Waals surface area contributed by atoms with Crippen molar-refractivity contribution in [2.24, 2.45) is 0 Å². The van der Waals surface area contributed by atoms with Crippen LogP contribution in [0.5, 0.6) is 0 Å². The standard InChI is InChI=1S/C18H18Cl2FNO/c1-11-5-4-6-12(2)16(11)17(23)22-10-18(3,21)14-8-7-13(19)9-15(14)20/h4-9H,10H2,1-3H3,(H,22,23)/t18-/m0/s1. The second-order valence-electron chi connectivity index (χ2n) is 5.77. The third kappa shape index (κ3) is 4.04. The number of nitrogens with one attached hydrogen (secondary N) is 1. The lowest BCUT2D eigenvalue weighted by Gasteiger charge is -2.23. The Morgan fingerprint density at radius 1 is 1.17 bits per heavy atom. The van der Waals surface area contributed by atoms with E-state index < -0.39 is 5.67 Å². The van der Waals surface area contributed by atoms with Gasteiger partial charge in [-0.15, -0.1) is 0 Å². The fraction of sp³-hybridized carbons (Fsp3) is 0.278. The van der Waals surface area contributed by atoms with Crippen molar-refractivity contribution in [2.45, 2.75) is 26.4 Å². The Labute approximate surface area is 145 Å². The molecule has 0 heterocycles. The van der Waals surface area contributed by atoms with Gasteiger partial charge < -0.3 is 5.32 Å². The zero-order valence-electron chi connectivity index (χ0n) is 13.2. The molecule has 2 rings (SSSR count). The normalized spacial score (nSPS) is 13.5. The first-order valence-electron chi connectivity index (χ1n) is 7.21. The Bertz CT molecular complexity index is 724. The minimum atomic E-state index is -1.80. The monoisotopic (exact) mass is 353 g/mol. The number of halogens is 3. The van der Waals surface area contributed by atoms with Crippen molar-refractivity contribution in [1.82, 2.24) is 5.32 Å². The molecule has 0 unspecified atom stereocenters. The summed E-state index contributed by atoms with van der Waals surface area (Å²) in [5, 5.41) is 3.33. The largest absolute Gasteiger partial charge is 0.348 e. The van der Waals surface area contributed by atoms with Gasteiger partial charge in [-0.25, -0.2) is 4.39 Å². The summed E-state index contributed by atoms with van der Waals surface area (Å²) in [6.07, 6.45) is 0. The fourth-order valence-electron chi connectivity index (χ4n) is 2.51. The highest BCUT2D eigenvalue weighted by molar-refractivity contribution is 6.35. The van der Waals surface area contributed by atoms with Gasteiger partial charge in [-0.2, -0.15) is 0 Å². The molecule has 0 aliphatic rings. The van der Waals surface area contributed by atoms with Crippen molar-refractivity contribution in [1.29, 1.82) is 0 Å². The zero-order chi connectivity index (χ0) is 17.2. The Kier molecular flexibility index (Phi) is 5.33. The summed E-state index contributed by atoms with van der Waals surface area (Å²) in [6, 6.07) is 10.2. The van der Waals surface area contributed by atoms with Crippen LogP contribution in [0, 0.1) is 13.8 Å². The predicted octanol–water partition coefficient (Wildman–Crippen LogP) is 5.22. The summed E-state index contributed by atoms with van der Waals surface area (Å²) in [7, 11) is 0. The van der Waals surface area contributed by atoms with Gasteiger partial charge in [0.2, 0.25) is 0 Å². The van der Waals surface area contributed by atoms with E-state index in [4.69, 9.17) is 23.2 Å². The molecule has 1 N–H and O–H groups in total. The number of carbonyl (C=O) groups is 1. The van der Waals surface area contributed by atoms with Crippen LogP contribution in [0.2, 0.25) is 10.0 Å². The van der Waals surface area contributed by atoms with Crippen LogP contribution in [-0.4, -0.2) is 12.5 Å². The van der Waals surface area contributed by atoms with E-state index in [1.165, 1.54) is 19.1 Å².